The molecule has 2 aromatic rings. The van der Waals surface area contributed by atoms with Crippen LogP contribution in [0.2, 0.25) is 0 Å². The molecule has 2 nitrogen and oxygen atoms in total. The van der Waals surface area contributed by atoms with Gasteiger partial charge < -0.3 is 4.90 Å². The van der Waals surface area contributed by atoms with Crippen LogP contribution in [-0.2, 0) is 0 Å². The summed E-state index contributed by atoms with van der Waals surface area (Å²) < 4.78 is 13.8. The van der Waals surface area contributed by atoms with Crippen LogP contribution < -0.4 is 0 Å². The summed E-state index contributed by atoms with van der Waals surface area (Å²) >= 11 is 5.75. The lowest BCUT2D eigenvalue weighted by molar-refractivity contribution is 0.0767. The second-order valence-electron chi connectivity index (χ2n) is 4.62. The second-order valence-corrected chi connectivity index (χ2v) is 5.00. The van der Waals surface area contributed by atoms with Crippen molar-refractivity contribution in [3.8, 4) is 0 Å². The van der Waals surface area contributed by atoms with Gasteiger partial charge in [-0.2, -0.15) is 0 Å². The Balaban J connectivity index is 2.46. The van der Waals surface area contributed by atoms with Gasteiger partial charge in [-0.25, -0.2) is 4.39 Å². The number of fused-ring (bicyclic) bond motifs is 1. The largest absolute Gasteiger partial charge is 0.337 e. The van der Waals surface area contributed by atoms with E-state index in [-0.39, 0.29) is 11.7 Å². The number of rotatable bonds is 5. The van der Waals surface area contributed by atoms with Gasteiger partial charge in [-0.15, -0.1) is 11.6 Å². The molecule has 0 aromatic heterocycles. The summed E-state index contributed by atoms with van der Waals surface area (Å²) in [5, 5.41) is 1.12. The Kier molecular flexibility index (Phi) is 4.96. The van der Waals surface area contributed by atoms with Gasteiger partial charge in [0.15, 0.2) is 0 Å². The first-order valence-corrected chi connectivity index (χ1v) is 7.25. The molecule has 0 saturated heterocycles. The number of carbonyl (C=O) groups excluding carboxylic acids is 1. The lowest BCUT2D eigenvalue weighted by Gasteiger charge is -2.22. The number of alkyl halides is 1. The molecule has 0 unspecified atom stereocenters. The standard InChI is InChI=1S/C16H17ClFNO/c1-2-10-19(11-9-17)16(20)14-7-8-15(18)13-6-4-3-5-12(13)14/h3-8H,2,9-11H2,1H3. The fourth-order valence-electron chi connectivity index (χ4n) is 2.31. The van der Waals surface area contributed by atoms with Crippen molar-refractivity contribution in [1.29, 1.82) is 0 Å². The Morgan fingerprint density at radius 3 is 2.50 bits per heavy atom. The number of carbonyl (C=O) groups is 1. The molecule has 20 heavy (non-hydrogen) atoms. The normalized spacial score (nSPS) is 10.8. The zero-order valence-corrected chi connectivity index (χ0v) is 12.2. The highest BCUT2D eigenvalue weighted by Gasteiger charge is 2.18. The molecule has 0 radical (unpaired) electrons. The fourth-order valence-corrected chi connectivity index (χ4v) is 2.51. The topological polar surface area (TPSA) is 20.3 Å². The number of nitrogens with zero attached hydrogens (tertiary/aromatic N) is 1. The van der Waals surface area contributed by atoms with Crippen LogP contribution in [0.1, 0.15) is 23.7 Å². The predicted octanol–water partition coefficient (Wildman–Crippen LogP) is 4.07. The van der Waals surface area contributed by atoms with Gasteiger partial charge in [0.1, 0.15) is 5.82 Å². The maximum atomic E-state index is 13.8. The first-order valence-electron chi connectivity index (χ1n) is 6.71. The average molecular weight is 294 g/mol. The van der Waals surface area contributed by atoms with E-state index in [1.165, 1.54) is 6.07 Å². The third kappa shape index (κ3) is 2.93. The van der Waals surface area contributed by atoms with Gasteiger partial charge >= 0.3 is 0 Å². The van der Waals surface area contributed by atoms with Crippen LogP contribution in [0.4, 0.5) is 4.39 Å². The summed E-state index contributed by atoms with van der Waals surface area (Å²) in [7, 11) is 0. The molecule has 0 heterocycles. The van der Waals surface area contributed by atoms with Gasteiger partial charge in [-0.1, -0.05) is 31.2 Å². The van der Waals surface area contributed by atoms with Crippen LogP contribution in [0.3, 0.4) is 0 Å². The Morgan fingerprint density at radius 2 is 1.85 bits per heavy atom. The smallest absolute Gasteiger partial charge is 0.254 e. The van der Waals surface area contributed by atoms with Crippen LogP contribution in [0, 0.1) is 5.82 Å². The number of hydrogen-bond donors (Lipinski definition) is 0. The zero-order chi connectivity index (χ0) is 14.5. The maximum absolute atomic E-state index is 13.8. The molecule has 0 aliphatic rings. The first kappa shape index (κ1) is 14.8. The van der Waals surface area contributed by atoms with Gasteiger partial charge in [0.25, 0.3) is 5.91 Å². The molecule has 4 heteroatoms. The zero-order valence-electron chi connectivity index (χ0n) is 11.4. The predicted molar refractivity (Wildman–Crippen MR) is 80.8 cm³/mol. The quantitative estimate of drug-likeness (QED) is 0.761. The minimum atomic E-state index is -0.309. The fraction of sp³-hybridized carbons (Fsp3) is 0.312. The Labute approximate surface area is 123 Å². The lowest BCUT2D eigenvalue weighted by Crippen LogP contribution is -2.33. The van der Waals surface area contributed by atoms with Crippen LogP contribution in [-0.4, -0.2) is 29.8 Å². The van der Waals surface area contributed by atoms with Crippen molar-refractivity contribution >= 4 is 28.3 Å². The van der Waals surface area contributed by atoms with Crippen molar-refractivity contribution in [3.05, 3.63) is 47.8 Å². The molecule has 0 spiro atoms. The summed E-state index contributed by atoms with van der Waals surface area (Å²) in [6.45, 7) is 3.16. The molecule has 0 atom stereocenters. The van der Waals surface area contributed by atoms with Gasteiger partial charge in [-0.3, -0.25) is 4.79 Å². The number of hydrogen-bond acceptors (Lipinski definition) is 1. The van der Waals surface area contributed by atoms with E-state index in [4.69, 9.17) is 11.6 Å². The highest BCUT2D eigenvalue weighted by molar-refractivity contribution is 6.18. The first-order chi connectivity index (χ1) is 9.69. The number of halogens is 2. The van der Waals surface area contributed by atoms with Gasteiger partial charge in [0.2, 0.25) is 0 Å². The van der Waals surface area contributed by atoms with Crippen LogP contribution in [0.15, 0.2) is 36.4 Å². The van der Waals surface area contributed by atoms with Crippen molar-refractivity contribution in [1.82, 2.24) is 4.90 Å². The molecule has 0 saturated carbocycles. The minimum absolute atomic E-state index is 0.0938. The molecule has 0 fully saturated rings. The maximum Gasteiger partial charge on any atom is 0.254 e. The number of benzene rings is 2. The highest BCUT2D eigenvalue weighted by Crippen LogP contribution is 2.23. The summed E-state index contributed by atoms with van der Waals surface area (Å²) in [5.41, 5.74) is 0.528. The summed E-state index contributed by atoms with van der Waals surface area (Å²) in [6, 6.07) is 9.94. The molecule has 1 amide bonds. The average Bonchev–Trinajstić information content (AvgIpc) is 2.47. The molecular formula is C16H17ClFNO. The Morgan fingerprint density at radius 1 is 1.15 bits per heavy atom. The Hall–Kier alpha value is -1.61. The van der Waals surface area contributed by atoms with E-state index in [0.29, 0.717) is 35.3 Å². The summed E-state index contributed by atoms with van der Waals surface area (Å²) in [6.07, 6.45) is 0.863. The monoisotopic (exact) mass is 293 g/mol. The van der Waals surface area contributed by atoms with E-state index in [9.17, 15) is 9.18 Å². The van der Waals surface area contributed by atoms with Crippen LogP contribution in [0.25, 0.3) is 10.8 Å². The lowest BCUT2D eigenvalue weighted by atomic mass is 10.0. The third-order valence-electron chi connectivity index (χ3n) is 3.24. The Bertz CT molecular complexity index is 608. The van der Waals surface area contributed by atoms with E-state index >= 15 is 0 Å². The van der Waals surface area contributed by atoms with Gasteiger partial charge in [0, 0.05) is 29.9 Å². The number of amides is 1. The van der Waals surface area contributed by atoms with Gasteiger partial charge in [0.05, 0.1) is 0 Å². The van der Waals surface area contributed by atoms with Crippen molar-refractivity contribution in [2.24, 2.45) is 0 Å². The van der Waals surface area contributed by atoms with E-state index in [1.807, 2.05) is 13.0 Å². The third-order valence-corrected chi connectivity index (χ3v) is 3.41. The summed E-state index contributed by atoms with van der Waals surface area (Å²) in [5.74, 6) is -0.00884. The van der Waals surface area contributed by atoms with E-state index in [1.54, 1.807) is 29.2 Å². The van der Waals surface area contributed by atoms with E-state index < -0.39 is 0 Å². The van der Waals surface area contributed by atoms with Crippen LogP contribution >= 0.6 is 11.6 Å². The molecule has 0 bridgehead atoms. The highest BCUT2D eigenvalue weighted by atomic mass is 35.5. The van der Waals surface area contributed by atoms with Crippen molar-refractivity contribution in [2.75, 3.05) is 19.0 Å². The minimum Gasteiger partial charge on any atom is -0.337 e. The summed E-state index contributed by atoms with van der Waals surface area (Å²) in [4.78, 5) is 14.3. The van der Waals surface area contributed by atoms with Gasteiger partial charge in [-0.05, 0) is 23.9 Å². The van der Waals surface area contributed by atoms with Crippen LogP contribution in [0.5, 0.6) is 0 Å². The second kappa shape index (κ2) is 6.71. The SMILES string of the molecule is CCCN(CCCl)C(=O)c1ccc(F)c2ccccc12. The molecular weight excluding hydrogens is 277 g/mol. The van der Waals surface area contributed by atoms with Crippen molar-refractivity contribution in [2.45, 2.75) is 13.3 Å². The molecule has 106 valence electrons. The molecule has 0 aliphatic heterocycles. The molecule has 0 N–H and O–H groups in total. The molecule has 2 aromatic carbocycles. The van der Waals surface area contributed by atoms with E-state index in [2.05, 4.69) is 0 Å². The van der Waals surface area contributed by atoms with Crippen molar-refractivity contribution in [3.63, 3.8) is 0 Å². The van der Waals surface area contributed by atoms with E-state index in [0.717, 1.165) is 6.42 Å². The molecule has 0 aliphatic carbocycles. The molecule has 2 rings (SSSR count). The van der Waals surface area contributed by atoms with Crippen molar-refractivity contribution < 1.29 is 9.18 Å².